The summed E-state index contributed by atoms with van der Waals surface area (Å²) in [6, 6.07) is 7.36. The Morgan fingerprint density at radius 3 is 2.12 bits per heavy atom. The maximum atomic E-state index is 12.0. The van der Waals surface area contributed by atoms with Crippen molar-refractivity contribution in [1.29, 1.82) is 0 Å². The highest BCUT2D eigenvalue weighted by molar-refractivity contribution is 7.10. The fraction of sp³-hybridized carbons (Fsp3) is 0.273. The highest BCUT2D eigenvalue weighted by Gasteiger charge is 2.20. The van der Waals surface area contributed by atoms with Gasteiger partial charge in [0.15, 0.2) is 17.2 Å². The number of anilines is 2. The zero-order valence-electron chi connectivity index (χ0n) is 18.5. The van der Waals surface area contributed by atoms with Crippen LogP contribution in [-0.2, 0) is 4.79 Å². The van der Waals surface area contributed by atoms with Gasteiger partial charge in [-0.2, -0.15) is 4.37 Å². The molecule has 1 amide bonds. The summed E-state index contributed by atoms with van der Waals surface area (Å²) < 4.78 is 26.2. The van der Waals surface area contributed by atoms with Crippen LogP contribution in [0.15, 0.2) is 30.5 Å². The minimum atomic E-state index is -0.136. The SMILES string of the molecule is CCC(=O)Nc1cc(-c2cnsc2-c2cc(OC)c(OC)c(OC)c2)cc(N)c1OC.Cl. The van der Waals surface area contributed by atoms with E-state index in [4.69, 9.17) is 24.7 Å². The number of nitrogens with one attached hydrogen (secondary N) is 1. The number of methoxy groups -OCH3 is 4. The van der Waals surface area contributed by atoms with E-state index >= 15 is 0 Å². The van der Waals surface area contributed by atoms with Gasteiger partial charge in [0, 0.05) is 23.7 Å². The maximum Gasteiger partial charge on any atom is 0.224 e. The molecule has 0 aliphatic carbocycles. The van der Waals surface area contributed by atoms with E-state index in [9.17, 15) is 4.79 Å². The summed E-state index contributed by atoms with van der Waals surface area (Å²) >= 11 is 1.33. The van der Waals surface area contributed by atoms with Crippen LogP contribution in [0.5, 0.6) is 23.0 Å². The lowest BCUT2D eigenvalue weighted by Crippen LogP contribution is -2.11. The van der Waals surface area contributed by atoms with Gasteiger partial charge < -0.3 is 30.0 Å². The zero-order valence-corrected chi connectivity index (χ0v) is 20.1. The van der Waals surface area contributed by atoms with E-state index in [0.29, 0.717) is 40.8 Å². The second kappa shape index (κ2) is 10.9. The van der Waals surface area contributed by atoms with E-state index in [1.807, 2.05) is 18.2 Å². The lowest BCUT2D eigenvalue weighted by Gasteiger charge is -2.16. The summed E-state index contributed by atoms with van der Waals surface area (Å²) in [6.45, 7) is 1.78. The van der Waals surface area contributed by atoms with Crippen LogP contribution in [0, 0.1) is 0 Å². The van der Waals surface area contributed by atoms with Crippen molar-refractivity contribution in [2.45, 2.75) is 13.3 Å². The summed E-state index contributed by atoms with van der Waals surface area (Å²) in [4.78, 5) is 12.9. The molecule has 0 saturated carbocycles. The Hall–Kier alpha value is -3.17. The van der Waals surface area contributed by atoms with Crippen LogP contribution in [0.4, 0.5) is 11.4 Å². The first-order chi connectivity index (χ1) is 15.0. The van der Waals surface area contributed by atoms with Crippen molar-refractivity contribution in [2.24, 2.45) is 0 Å². The van der Waals surface area contributed by atoms with E-state index in [1.165, 1.54) is 18.6 Å². The second-order valence-corrected chi connectivity index (χ2v) is 7.33. The Kier molecular flexibility index (Phi) is 8.56. The summed E-state index contributed by atoms with van der Waals surface area (Å²) in [5.74, 6) is 1.88. The van der Waals surface area contributed by atoms with Crippen LogP contribution in [0.2, 0.25) is 0 Å². The van der Waals surface area contributed by atoms with E-state index in [2.05, 4.69) is 9.69 Å². The number of nitrogen functional groups attached to an aromatic ring is 1. The molecule has 0 unspecified atom stereocenters. The van der Waals surface area contributed by atoms with E-state index in [0.717, 1.165) is 21.6 Å². The predicted molar refractivity (Wildman–Crippen MR) is 130 cm³/mol. The lowest BCUT2D eigenvalue weighted by atomic mass is 10.0. The molecule has 0 atom stereocenters. The zero-order chi connectivity index (χ0) is 22.5. The minimum Gasteiger partial charge on any atom is -0.493 e. The van der Waals surface area contributed by atoms with Crippen molar-refractivity contribution in [2.75, 3.05) is 39.5 Å². The van der Waals surface area contributed by atoms with Gasteiger partial charge >= 0.3 is 0 Å². The third-order valence-electron chi connectivity index (χ3n) is 4.73. The summed E-state index contributed by atoms with van der Waals surface area (Å²) in [7, 11) is 6.22. The molecule has 3 N–H and O–H groups in total. The number of hydrogen-bond acceptors (Lipinski definition) is 8. The number of hydrogen-bond donors (Lipinski definition) is 2. The third kappa shape index (κ3) is 4.84. The Labute approximate surface area is 197 Å². The van der Waals surface area contributed by atoms with Gasteiger partial charge in [-0.15, -0.1) is 12.4 Å². The van der Waals surface area contributed by atoms with Gasteiger partial charge in [0.25, 0.3) is 0 Å². The molecule has 0 spiro atoms. The number of aromatic nitrogens is 1. The van der Waals surface area contributed by atoms with Gasteiger partial charge in [-0.05, 0) is 41.4 Å². The van der Waals surface area contributed by atoms with E-state index in [1.54, 1.807) is 40.5 Å². The molecular weight excluding hydrogens is 454 g/mol. The van der Waals surface area contributed by atoms with Gasteiger partial charge in [-0.25, -0.2) is 0 Å². The summed E-state index contributed by atoms with van der Waals surface area (Å²) in [6.07, 6.45) is 2.10. The van der Waals surface area contributed by atoms with E-state index in [-0.39, 0.29) is 18.3 Å². The normalized spacial score (nSPS) is 10.2. The molecule has 1 aromatic heterocycles. The average molecular weight is 480 g/mol. The van der Waals surface area contributed by atoms with Crippen LogP contribution in [-0.4, -0.2) is 38.7 Å². The summed E-state index contributed by atoms with van der Waals surface area (Å²) in [5.41, 5.74) is 9.63. The summed E-state index contributed by atoms with van der Waals surface area (Å²) in [5, 5.41) is 2.85. The van der Waals surface area contributed by atoms with Gasteiger partial charge in [0.2, 0.25) is 11.7 Å². The fourth-order valence-corrected chi connectivity index (χ4v) is 3.99. The molecule has 2 aromatic carbocycles. The number of rotatable bonds is 8. The standard InChI is InChI=1S/C22H25N3O5S.ClH/c1-6-19(26)25-16-8-12(7-15(23)20(16)29-4)14-11-24-31-22(14)13-9-17(27-2)21(30-5)18(10-13)28-3;/h7-11H,6,23H2,1-5H3,(H,25,26);1H. The first kappa shape index (κ1) is 25.1. The largest absolute Gasteiger partial charge is 0.493 e. The smallest absolute Gasteiger partial charge is 0.224 e. The molecule has 0 radical (unpaired) electrons. The van der Waals surface area contributed by atoms with Crippen molar-refractivity contribution < 1.29 is 23.7 Å². The van der Waals surface area contributed by atoms with Crippen LogP contribution < -0.4 is 30.0 Å². The van der Waals surface area contributed by atoms with Crippen LogP contribution in [0.1, 0.15) is 13.3 Å². The Morgan fingerprint density at radius 2 is 1.59 bits per heavy atom. The molecule has 3 rings (SSSR count). The third-order valence-corrected chi connectivity index (χ3v) is 5.57. The highest BCUT2D eigenvalue weighted by atomic mass is 35.5. The Bertz CT molecular complexity index is 1080. The Balaban J connectivity index is 0.00000363. The molecule has 0 bridgehead atoms. The van der Waals surface area contributed by atoms with Crippen LogP contribution >= 0.6 is 23.9 Å². The van der Waals surface area contributed by atoms with Crippen LogP contribution in [0.3, 0.4) is 0 Å². The number of amides is 1. The average Bonchev–Trinajstić information content (AvgIpc) is 3.27. The lowest BCUT2D eigenvalue weighted by molar-refractivity contribution is -0.115. The van der Waals surface area contributed by atoms with Gasteiger partial charge in [-0.3, -0.25) is 4.79 Å². The maximum absolute atomic E-state index is 12.0. The topological polar surface area (TPSA) is 105 Å². The number of benzene rings is 2. The molecule has 1 heterocycles. The molecule has 0 saturated heterocycles. The highest BCUT2D eigenvalue weighted by Crippen LogP contribution is 2.46. The van der Waals surface area contributed by atoms with Crippen molar-refractivity contribution >= 4 is 41.2 Å². The van der Waals surface area contributed by atoms with Gasteiger partial charge in [0.1, 0.15) is 0 Å². The molecule has 10 heteroatoms. The van der Waals surface area contributed by atoms with Gasteiger partial charge in [-0.1, -0.05) is 6.92 Å². The fourth-order valence-electron chi connectivity index (χ4n) is 3.23. The number of halogens is 1. The number of carbonyl (C=O) groups is 1. The predicted octanol–water partition coefficient (Wildman–Crippen LogP) is 4.86. The van der Waals surface area contributed by atoms with E-state index < -0.39 is 0 Å². The van der Waals surface area contributed by atoms with Gasteiger partial charge in [0.05, 0.1) is 44.7 Å². The quantitative estimate of drug-likeness (QED) is 0.444. The molecule has 8 nitrogen and oxygen atoms in total. The molecule has 0 fully saturated rings. The minimum absolute atomic E-state index is 0. The van der Waals surface area contributed by atoms with Crippen molar-refractivity contribution in [3.8, 4) is 44.6 Å². The second-order valence-electron chi connectivity index (χ2n) is 6.53. The van der Waals surface area contributed by atoms with Crippen molar-refractivity contribution in [3.63, 3.8) is 0 Å². The number of ether oxygens (including phenoxy) is 4. The first-order valence-corrected chi connectivity index (χ1v) is 10.3. The molecule has 0 aliphatic rings. The molecular formula is C22H26ClN3O5S. The number of carbonyl (C=O) groups excluding carboxylic acids is 1. The molecule has 172 valence electrons. The number of nitrogens with zero attached hydrogens (tertiary/aromatic N) is 1. The van der Waals surface area contributed by atoms with Crippen molar-refractivity contribution in [1.82, 2.24) is 4.37 Å². The Morgan fingerprint density at radius 1 is 0.969 bits per heavy atom. The molecule has 3 aromatic rings. The molecule has 32 heavy (non-hydrogen) atoms. The first-order valence-electron chi connectivity index (χ1n) is 9.50. The number of nitrogens with two attached hydrogens (primary N) is 1. The molecule has 0 aliphatic heterocycles. The monoisotopic (exact) mass is 479 g/mol. The van der Waals surface area contributed by atoms with Crippen molar-refractivity contribution in [3.05, 3.63) is 30.5 Å². The van der Waals surface area contributed by atoms with Crippen LogP contribution in [0.25, 0.3) is 21.6 Å².